The van der Waals surface area contributed by atoms with E-state index >= 15 is 0 Å². The first-order valence-electron chi connectivity index (χ1n) is 7.34. The lowest BCUT2D eigenvalue weighted by Gasteiger charge is -2.29. The average Bonchev–Trinajstić information content (AvgIpc) is 2.51. The Labute approximate surface area is 126 Å². The number of anilines is 1. The largest absolute Gasteiger partial charge is 0.355 e. The SMILES string of the molecule is CCNC(=O)CN(CC)[C@@H](C)C(=O)N(C)c1ccccc1. The van der Waals surface area contributed by atoms with Crippen LogP contribution in [0.5, 0.6) is 0 Å². The summed E-state index contributed by atoms with van der Waals surface area (Å²) in [5.41, 5.74) is 0.850. The second kappa shape index (κ2) is 8.42. The molecule has 1 aromatic rings. The number of carbonyl (C=O) groups is 2. The van der Waals surface area contributed by atoms with Crippen LogP contribution in [-0.2, 0) is 9.59 Å². The molecule has 1 N–H and O–H groups in total. The van der Waals surface area contributed by atoms with E-state index in [4.69, 9.17) is 0 Å². The fourth-order valence-corrected chi connectivity index (χ4v) is 2.18. The predicted molar refractivity (Wildman–Crippen MR) is 85.2 cm³/mol. The number of hydrogen-bond donors (Lipinski definition) is 1. The molecule has 5 nitrogen and oxygen atoms in total. The zero-order chi connectivity index (χ0) is 15.8. The molecule has 1 atom stereocenters. The van der Waals surface area contributed by atoms with Crippen molar-refractivity contribution in [1.29, 1.82) is 0 Å². The van der Waals surface area contributed by atoms with Crippen LogP contribution in [0.1, 0.15) is 20.8 Å². The summed E-state index contributed by atoms with van der Waals surface area (Å²) in [5.74, 6) is -0.0753. The minimum atomic E-state index is -0.345. The number of benzene rings is 1. The van der Waals surface area contributed by atoms with E-state index < -0.39 is 0 Å². The molecule has 0 aliphatic heterocycles. The van der Waals surface area contributed by atoms with Gasteiger partial charge in [0.1, 0.15) is 0 Å². The fourth-order valence-electron chi connectivity index (χ4n) is 2.18. The topological polar surface area (TPSA) is 52.7 Å². The molecule has 0 saturated heterocycles. The fraction of sp³-hybridized carbons (Fsp3) is 0.500. The van der Waals surface area contributed by atoms with Crippen LogP contribution in [0, 0.1) is 0 Å². The van der Waals surface area contributed by atoms with Crippen molar-refractivity contribution in [3.05, 3.63) is 30.3 Å². The summed E-state index contributed by atoms with van der Waals surface area (Å²) < 4.78 is 0. The van der Waals surface area contributed by atoms with Gasteiger partial charge in [-0.25, -0.2) is 0 Å². The number of nitrogens with zero attached hydrogens (tertiary/aromatic N) is 2. The van der Waals surface area contributed by atoms with E-state index in [0.717, 1.165) is 5.69 Å². The summed E-state index contributed by atoms with van der Waals surface area (Å²) in [6, 6.07) is 9.16. The van der Waals surface area contributed by atoms with Crippen LogP contribution in [0.3, 0.4) is 0 Å². The number of para-hydroxylation sites is 1. The first-order valence-corrected chi connectivity index (χ1v) is 7.34. The van der Waals surface area contributed by atoms with Gasteiger partial charge in [-0.05, 0) is 32.5 Å². The first kappa shape index (κ1) is 17.2. The number of likely N-dealkylation sites (N-methyl/N-ethyl adjacent to an activating group) is 3. The smallest absolute Gasteiger partial charge is 0.243 e. The monoisotopic (exact) mass is 291 g/mol. The van der Waals surface area contributed by atoms with Crippen LogP contribution >= 0.6 is 0 Å². The van der Waals surface area contributed by atoms with Crippen molar-refractivity contribution in [2.75, 3.05) is 31.6 Å². The Hall–Kier alpha value is -1.88. The van der Waals surface area contributed by atoms with Crippen LogP contribution in [0.25, 0.3) is 0 Å². The van der Waals surface area contributed by atoms with Gasteiger partial charge in [0, 0.05) is 19.3 Å². The van der Waals surface area contributed by atoms with Gasteiger partial charge in [0.2, 0.25) is 11.8 Å². The van der Waals surface area contributed by atoms with Crippen LogP contribution in [-0.4, -0.2) is 49.4 Å². The summed E-state index contributed by atoms with van der Waals surface area (Å²) in [4.78, 5) is 27.7. The molecular weight excluding hydrogens is 266 g/mol. The highest BCUT2D eigenvalue weighted by Crippen LogP contribution is 2.14. The van der Waals surface area contributed by atoms with Crippen molar-refractivity contribution in [3.63, 3.8) is 0 Å². The molecule has 116 valence electrons. The number of hydrogen-bond acceptors (Lipinski definition) is 3. The number of rotatable bonds is 7. The molecule has 0 unspecified atom stereocenters. The molecule has 0 saturated carbocycles. The maximum absolute atomic E-state index is 12.5. The number of amides is 2. The van der Waals surface area contributed by atoms with E-state index in [1.54, 1.807) is 11.9 Å². The Morgan fingerprint density at radius 1 is 1.19 bits per heavy atom. The van der Waals surface area contributed by atoms with Gasteiger partial charge in [0.05, 0.1) is 12.6 Å². The van der Waals surface area contributed by atoms with Crippen molar-refractivity contribution in [2.24, 2.45) is 0 Å². The van der Waals surface area contributed by atoms with Crippen molar-refractivity contribution in [3.8, 4) is 0 Å². The molecular formula is C16H25N3O2. The molecule has 0 fully saturated rings. The van der Waals surface area contributed by atoms with Crippen molar-refractivity contribution >= 4 is 17.5 Å². The van der Waals surface area contributed by atoms with Gasteiger partial charge in [-0.3, -0.25) is 14.5 Å². The van der Waals surface area contributed by atoms with Crippen molar-refractivity contribution in [1.82, 2.24) is 10.2 Å². The zero-order valence-corrected chi connectivity index (χ0v) is 13.3. The lowest BCUT2D eigenvalue weighted by molar-refractivity contribution is -0.126. The quantitative estimate of drug-likeness (QED) is 0.828. The van der Waals surface area contributed by atoms with E-state index in [0.29, 0.717) is 13.1 Å². The lowest BCUT2D eigenvalue weighted by atomic mass is 10.2. The summed E-state index contributed by atoms with van der Waals surface area (Å²) in [6.45, 7) is 7.15. The van der Waals surface area contributed by atoms with Gasteiger partial charge in [-0.15, -0.1) is 0 Å². The Morgan fingerprint density at radius 3 is 2.33 bits per heavy atom. The van der Waals surface area contributed by atoms with Crippen molar-refractivity contribution < 1.29 is 9.59 Å². The minimum absolute atomic E-state index is 0.0210. The molecule has 21 heavy (non-hydrogen) atoms. The third-order valence-electron chi connectivity index (χ3n) is 3.51. The van der Waals surface area contributed by atoms with Gasteiger partial charge in [0.25, 0.3) is 0 Å². The first-order chi connectivity index (χ1) is 10.0. The Balaban J connectivity index is 2.72. The van der Waals surface area contributed by atoms with Gasteiger partial charge >= 0.3 is 0 Å². The molecule has 0 aromatic heterocycles. The Kier molecular flexibility index (Phi) is 6.88. The van der Waals surface area contributed by atoms with E-state index in [9.17, 15) is 9.59 Å². The lowest BCUT2D eigenvalue weighted by Crippen LogP contribution is -2.49. The molecule has 1 aromatic carbocycles. The molecule has 0 bridgehead atoms. The van der Waals surface area contributed by atoms with Crippen LogP contribution in [0.4, 0.5) is 5.69 Å². The van der Waals surface area contributed by atoms with E-state index in [1.165, 1.54) is 0 Å². The molecule has 0 heterocycles. The molecule has 2 amide bonds. The van der Waals surface area contributed by atoms with Gasteiger partial charge in [-0.1, -0.05) is 25.1 Å². The van der Waals surface area contributed by atoms with Gasteiger partial charge in [-0.2, -0.15) is 0 Å². The Bertz CT molecular complexity index is 462. The normalized spacial score (nSPS) is 12.0. The van der Waals surface area contributed by atoms with Crippen LogP contribution < -0.4 is 10.2 Å². The molecule has 0 spiro atoms. The minimum Gasteiger partial charge on any atom is -0.355 e. The van der Waals surface area contributed by atoms with Crippen LogP contribution in [0.2, 0.25) is 0 Å². The van der Waals surface area contributed by atoms with E-state index in [-0.39, 0.29) is 24.4 Å². The Morgan fingerprint density at radius 2 is 1.81 bits per heavy atom. The summed E-state index contributed by atoms with van der Waals surface area (Å²) >= 11 is 0. The molecule has 5 heteroatoms. The van der Waals surface area contributed by atoms with Crippen LogP contribution in [0.15, 0.2) is 30.3 Å². The van der Waals surface area contributed by atoms with Gasteiger partial charge in [0.15, 0.2) is 0 Å². The second-order valence-electron chi connectivity index (χ2n) is 4.93. The third kappa shape index (κ3) is 4.86. The molecule has 0 aliphatic rings. The summed E-state index contributed by atoms with van der Waals surface area (Å²) in [5, 5.41) is 2.76. The molecule has 1 rings (SSSR count). The summed E-state index contributed by atoms with van der Waals surface area (Å²) in [7, 11) is 1.76. The van der Waals surface area contributed by atoms with E-state index in [2.05, 4.69) is 5.32 Å². The highest BCUT2D eigenvalue weighted by molar-refractivity contribution is 5.96. The maximum atomic E-state index is 12.5. The number of carbonyl (C=O) groups excluding carboxylic acids is 2. The van der Waals surface area contributed by atoms with Gasteiger partial charge < -0.3 is 10.2 Å². The van der Waals surface area contributed by atoms with Crippen molar-refractivity contribution in [2.45, 2.75) is 26.8 Å². The highest BCUT2D eigenvalue weighted by atomic mass is 16.2. The van der Waals surface area contributed by atoms with E-state index in [1.807, 2.05) is 56.0 Å². The predicted octanol–water partition coefficient (Wildman–Crippen LogP) is 1.50. The third-order valence-corrected chi connectivity index (χ3v) is 3.51. The average molecular weight is 291 g/mol. The highest BCUT2D eigenvalue weighted by Gasteiger charge is 2.25. The number of nitrogens with one attached hydrogen (secondary N) is 1. The maximum Gasteiger partial charge on any atom is 0.243 e. The zero-order valence-electron chi connectivity index (χ0n) is 13.3. The summed E-state index contributed by atoms with van der Waals surface area (Å²) in [6.07, 6.45) is 0. The molecule has 0 radical (unpaired) electrons. The molecule has 0 aliphatic carbocycles. The second-order valence-corrected chi connectivity index (χ2v) is 4.93. The standard InChI is InChI=1S/C16H25N3O2/c1-5-17-15(20)12-19(6-2)13(3)16(21)18(4)14-10-8-7-9-11-14/h7-11,13H,5-6,12H2,1-4H3,(H,17,20)/t13-/m0/s1.